The number of aromatic nitrogens is 1. The highest BCUT2D eigenvalue weighted by Gasteiger charge is 2.35. The molecule has 194 valence electrons. The average molecular weight is 537 g/mol. The van der Waals surface area contributed by atoms with Gasteiger partial charge in [-0.05, 0) is 54.5 Å². The lowest BCUT2D eigenvalue weighted by atomic mass is 9.99. The molecule has 3 heterocycles. The van der Waals surface area contributed by atoms with Crippen LogP contribution in [-0.4, -0.2) is 17.5 Å². The standard InChI is InChI=1S/C32H25ClN2O4/c1-2-3-19-35-24-20-22(33)17-18-26(24)37-28(35)16-10-9-15-27-29(21-11-5-4-6-12-21)30(32(36)39-27)31-34-23-13-7-8-14-25(23)38-31/h4-18,20H,2-3,19H2,1H3/b10-9+,27-15?,28-16-. The Morgan fingerprint density at radius 1 is 0.923 bits per heavy atom. The Kier molecular flexibility index (Phi) is 6.78. The van der Waals surface area contributed by atoms with E-state index in [1.54, 1.807) is 6.08 Å². The Morgan fingerprint density at radius 3 is 2.54 bits per heavy atom. The van der Waals surface area contributed by atoms with E-state index in [2.05, 4.69) is 16.8 Å². The van der Waals surface area contributed by atoms with Gasteiger partial charge in [-0.1, -0.05) is 79.6 Å². The number of ether oxygens (including phenoxy) is 2. The number of unbranched alkanes of at least 4 members (excludes halogenated alkanes) is 1. The predicted molar refractivity (Wildman–Crippen MR) is 153 cm³/mol. The second-order valence-electron chi connectivity index (χ2n) is 9.13. The van der Waals surface area contributed by atoms with Gasteiger partial charge in [-0.2, -0.15) is 0 Å². The van der Waals surface area contributed by atoms with Gasteiger partial charge >= 0.3 is 5.97 Å². The number of hydrogen-bond donors (Lipinski definition) is 0. The zero-order valence-corrected chi connectivity index (χ0v) is 22.0. The number of cyclic esters (lactones) is 1. The lowest BCUT2D eigenvalue weighted by molar-refractivity contribution is -0.131. The van der Waals surface area contributed by atoms with E-state index in [9.17, 15) is 4.79 Å². The number of carbonyl (C=O) groups excluding carboxylic acids is 1. The van der Waals surface area contributed by atoms with Gasteiger partial charge in [0.1, 0.15) is 16.8 Å². The number of anilines is 1. The van der Waals surface area contributed by atoms with Gasteiger partial charge in [0, 0.05) is 17.1 Å². The molecule has 3 aromatic carbocycles. The number of allylic oxidation sites excluding steroid dienone is 5. The van der Waals surface area contributed by atoms with Crippen molar-refractivity contribution in [2.75, 3.05) is 11.4 Å². The summed E-state index contributed by atoms with van der Waals surface area (Å²) in [7, 11) is 0. The molecule has 0 spiro atoms. The molecule has 2 aliphatic rings. The molecule has 7 heteroatoms. The van der Waals surface area contributed by atoms with Crippen LogP contribution in [0.25, 0.3) is 22.2 Å². The monoisotopic (exact) mass is 536 g/mol. The van der Waals surface area contributed by atoms with Gasteiger partial charge in [0.25, 0.3) is 0 Å². The minimum Gasteiger partial charge on any atom is -0.439 e. The molecule has 0 radical (unpaired) electrons. The van der Waals surface area contributed by atoms with Crippen LogP contribution in [0.1, 0.15) is 31.2 Å². The highest BCUT2D eigenvalue weighted by Crippen LogP contribution is 2.42. The molecule has 6 nitrogen and oxygen atoms in total. The molecule has 0 aliphatic carbocycles. The van der Waals surface area contributed by atoms with Crippen molar-refractivity contribution >= 4 is 45.5 Å². The molecule has 0 amide bonds. The van der Waals surface area contributed by atoms with Gasteiger partial charge in [0.15, 0.2) is 11.3 Å². The molecule has 0 saturated carbocycles. The smallest absolute Gasteiger partial charge is 0.349 e. The normalized spacial score (nSPS) is 17.1. The Balaban J connectivity index is 1.35. The molecule has 0 N–H and O–H groups in total. The minimum absolute atomic E-state index is 0.233. The number of para-hydroxylation sites is 2. The number of fused-ring (bicyclic) bond motifs is 2. The van der Waals surface area contributed by atoms with Crippen LogP contribution in [0, 0.1) is 0 Å². The van der Waals surface area contributed by atoms with Crippen molar-refractivity contribution in [1.29, 1.82) is 0 Å². The average Bonchev–Trinajstić information content (AvgIpc) is 3.62. The zero-order chi connectivity index (χ0) is 26.8. The summed E-state index contributed by atoms with van der Waals surface area (Å²) in [6, 6.07) is 22.7. The summed E-state index contributed by atoms with van der Waals surface area (Å²) in [5.41, 5.74) is 4.00. The maximum absolute atomic E-state index is 13.1. The van der Waals surface area contributed by atoms with Crippen molar-refractivity contribution in [2.24, 2.45) is 0 Å². The number of halogens is 1. The fourth-order valence-corrected chi connectivity index (χ4v) is 4.80. The highest BCUT2D eigenvalue weighted by atomic mass is 35.5. The van der Waals surface area contributed by atoms with Crippen molar-refractivity contribution in [3.63, 3.8) is 0 Å². The molecule has 0 atom stereocenters. The van der Waals surface area contributed by atoms with E-state index in [1.807, 2.05) is 91.0 Å². The second-order valence-corrected chi connectivity index (χ2v) is 9.57. The van der Waals surface area contributed by atoms with Crippen LogP contribution in [0.2, 0.25) is 5.02 Å². The first kappa shape index (κ1) is 24.8. The largest absolute Gasteiger partial charge is 0.439 e. The summed E-state index contributed by atoms with van der Waals surface area (Å²) >= 11 is 6.24. The van der Waals surface area contributed by atoms with Gasteiger partial charge in [-0.3, -0.25) is 0 Å². The summed E-state index contributed by atoms with van der Waals surface area (Å²) in [4.78, 5) is 19.8. The molecule has 0 unspecified atom stereocenters. The Morgan fingerprint density at radius 2 is 1.72 bits per heavy atom. The van der Waals surface area contributed by atoms with Crippen molar-refractivity contribution in [3.05, 3.63) is 125 Å². The van der Waals surface area contributed by atoms with Crippen LogP contribution in [0.4, 0.5) is 5.69 Å². The maximum atomic E-state index is 13.1. The first-order chi connectivity index (χ1) is 19.1. The zero-order valence-electron chi connectivity index (χ0n) is 21.3. The third-order valence-electron chi connectivity index (χ3n) is 6.50. The van der Waals surface area contributed by atoms with Crippen LogP contribution in [0.15, 0.2) is 113 Å². The highest BCUT2D eigenvalue weighted by molar-refractivity contribution is 6.31. The summed E-state index contributed by atoms with van der Waals surface area (Å²) in [6.07, 6.45) is 9.42. The van der Waals surface area contributed by atoms with Gasteiger partial charge in [0.05, 0.1) is 5.69 Å². The molecular formula is C32H25ClN2O4. The SMILES string of the molecule is CCCCN1/C(=C/C=C/C=C2OC(=O)C(c3nc4ccccc4o3)=C2c2ccccc2)Oc2ccc(Cl)cc21. The number of hydrogen-bond acceptors (Lipinski definition) is 6. The molecule has 0 saturated heterocycles. The number of benzene rings is 3. The third-order valence-corrected chi connectivity index (χ3v) is 6.73. The van der Waals surface area contributed by atoms with Gasteiger partial charge in [-0.15, -0.1) is 0 Å². The topological polar surface area (TPSA) is 64.8 Å². The lowest BCUT2D eigenvalue weighted by Gasteiger charge is -2.17. The fraction of sp³-hybridized carbons (Fsp3) is 0.125. The maximum Gasteiger partial charge on any atom is 0.349 e. The van der Waals surface area contributed by atoms with E-state index in [0.717, 1.165) is 36.4 Å². The number of oxazole rings is 1. The quantitative estimate of drug-likeness (QED) is 0.223. The van der Waals surface area contributed by atoms with Crippen LogP contribution in [-0.2, 0) is 9.53 Å². The molecular weight excluding hydrogens is 512 g/mol. The van der Waals surface area contributed by atoms with E-state index in [0.29, 0.717) is 38.9 Å². The molecule has 6 rings (SSSR count). The van der Waals surface area contributed by atoms with Crippen molar-refractivity contribution in [1.82, 2.24) is 4.98 Å². The molecule has 4 aromatic rings. The Hall–Kier alpha value is -4.55. The van der Waals surface area contributed by atoms with E-state index in [4.69, 9.17) is 25.5 Å². The van der Waals surface area contributed by atoms with E-state index in [1.165, 1.54) is 0 Å². The Bertz CT molecular complexity index is 1650. The summed E-state index contributed by atoms with van der Waals surface area (Å²) < 4.78 is 17.8. The summed E-state index contributed by atoms with van der Waals surface area (Å²) in [5.74, 6) is 1.64. The first-order valence-electron chi connectivity index (χ1n) is 12.8. The second kappa shape index (κ2) is 10.7. The summed E-state index contributed by atoms with van der Waals surface area (Å²) in [5, 5.41) is 0.665. The van der Waals surface area contributed by atoms with Crippen LogP contribution < -0.4 is 9.64 Å². The first-order valence-corrected chi connectivity index (χ1v) is 13.2. The van der Waals surface area contributed by atoms with E-state index >= 15 is 0 Å². The molecule has 0 bridgehead atoms. The number of nitrogens with zero attached hydrogens (tertiary/aromatic N) is 2. The molecule has 0 fully saturated rings. The van der Waals surface area contributed by atoms with E-state index in [-0.39, 0.29) is 5.89 Å². The van der Waals surface area contributed by atoms with Crippen molar-refractivity contribution in [3.8, 4) is 5.75 Å². The molecule has 39 heavy (non-hydrogen) atoms. The van der Waals surface area contributed by atoms with E-state index < -0.39 is 5.97 Å². The number of rotatable bonds is 7. The predicted octanol–water partition coefficient (Wildman–Crippen LogP) is 7.93. The van der Waals surface area contributed by atoms with Crippen LogP contribution in [0.5, 0.6) is 5.75 Å². The van der Waals surface area contributed by atoms with Crippen molar-refractivity contribution < 1.29 is 18.7 Å². The third kappa shape index (κ3) is 4.87. The molecule has 1 aromatic heterocycles. The number of esters is 1. The number of carbonyl (C=O) groups is 1. The Labute approximate surface area is 231 Å². The van der Waals surface area contributed by atoms with Crippen LogP contribution in [0.3, 0.4) is 0 Å². The van der Waals surface area contributed by atoms with Crippen molar-refractivity contribution in [2.45, 2.75) is 19.8 Å². The molecule has 2 aliphatic heterocycles. The van der Waals surface area contributed by atoms with Crippen LogP contribution >= 0.6 is 11.6 Å². The van der Waals surface area contributed by atoms with Gasteiger partial charge in [-0.25, -0.2) is 9.78 Å². The van der Waals surface area contributed by atoms with Gasteiger partial charge in [0.2, 0.25) is 11.8 Å². The lowest BCUT2D eigenvalue weighted by Crippen LogP contribution is -2.21. The van der Waals surface area contributed by atoms with Gasteiger partial charge < -0.3 is 18.8 Å². The fourth-order valence-electron chi connectivity index (χ4n) is 4.64. The minimum atomic E-state index is -0.504. The summed E-state index contributed by atoms with van der Waals surface area (Å²) in [6.45, 7) is 2.97.